The molecule has 1 N–H and O–H groups in total. The highest BCUT2D eigenvalue weighted by Gasteiger charge is 2.32. The zero-order valence-electron chi connectivity index (χ0n) is 20.2. The molecular weight excluding hydrogens is 404 g/mol. The molecule has 7 nitrogen and oxygen atoms in total. The third kappa shape index (κ3) is 5.80. The summed E-state index contributed by atoms with van der Waals surface area (Å²) in [6.45, 7) is 11.9. The number of carbonyl (C=O) groups is 2. The number of hydrogen-bond acceptors (Lipinski definition) is 4. The lowest BCUT2D eigenvalue weighted by molar-refractivity contribution is 0.0775. The molecule has 32 heavy (non-hydrogen) atoms. The first-order valence-corrected chi connectivity index (χ1v) is 12.4. The Morgan fingerprint density at radius 3 is 2.34 bits per heavy atom. The highest BCUT2D eigenvalue weighted by atomic mass is 16.2. The van der Waals surface area contributed by atoms with Crippen LogP contribution in [0.25, 0.3) is 0 Å². The van der Waals surface area contributed by atoms with Gasteiger partial charge in [0.25, 0.3) is 11.8 Å². The van der Waals surface area contributed by atoms with E-state index in [0.29, 0.717) is 25.0 Å². The Kier molecular flexibility index (Phi) is 8.51. The van der Waals surface area contributed by atoms with Gasteiger partial charge in [-0.05, 0) is 52.1 Å². The van der Waals surface area contributed by atoms with Crippen LogP contribution in [-0.2, 0) is 6.54 Å². The van der Waals surface area contributed by atoms with Crippen molar-refractivity contribution >= 4 is 11.8 Å². The van der Waals surface area contributed by atoms with Crippen molar-refractivity contribution in [3.05, 3.63) is 33.7 Å². The van der Waals surface area contributed by atoms with Gasteiger partial charge in [0.2, 0.25) is 5.43 Å². The SMILES string of the molecule is CCN(CC)[C@H]1CCN(C(=O)c2cn(CC3CCCCC3)cc(C(=O)NC(C)C)c2=O)C1. The third-order valence-electron chi connectivity index (χ3n) is 6.95. The molecule has 1 saturated heterocycles. The first-order valence-electron chi connectivity index (χ1n) is 12.4. The number of pyridine rings is 1. The maximum absolute atomic E-state index is 13.4. The number of likely N-dealkylation sites (tertiary alicyclic amines) is 1. The Balaban J connectivity index is 1.89. The van der Waals surface area contributed by atoms with E-state index in [9.17, 15) is 14.4 Å². The van der Waals surface area contributed by atoms with E-state index in [1.807, 2.05) is 18.4 Å². The smallest absolute Gasteiger partial charge is 0.259 e. The van der Waals surface area contributed by atoms with Crippen molar-refractivity contribution in [3.63, 3.8) is 0 Å². The van der Waals surface area contributed by atoms with E-state index in [-0.39, 0.29) is 23.1 Å². The van der Waals surface area contributed by atoms with Crippen LogP contribution in [0.4, 0.5) is 0 Å². The van der Waals surface area contributed by atoms with Crippen molar-refractivity contribution in [3.8, 4) is 0 Å². The second-order valence-electron chi connectivity index (χ2n) is 9.66. The summed E-state index contributed by atoms with van der Waals surface area (Å²) in [6, 6.07) is 0.243. The molecule has 1 aliphatic heterocycles. The van der Waals surface area contributed by atoms with Crippen LogP contribution in [0.15, 0.2) is 17.2 Å². The molecule has 0 radical (unpaired) electrons. The second kappa shape index (κ2) is 11.1. The average molecular weight is 445 g/mol. The molecule has 1 aromatic heterocycles. The van der Waals surface area contributed by atoms with Gasteiger partial charge in [0.05, 0.1) is 0 Å². The summed E-state index contributed by atoms with van der Waals surface area (Å²) < 4.78 is 1.91. The van der Waals surface area contributed by atoms with Crippen molar-refractivity contribution in [2.45, 2.75) is 84.8 Å². The van der Waals surface area contributed by atoms with Gasteiger partial charge >= 0.3 is 0 Å². The Morgan fingerprint density at radius 1 is 1.06 bits per heavy atom. The number of likely N-dealkylation sites (N-methyl/N-ethyl adjacent to an activating group) is 1. The van der Waals surface area contributed by atoms with E-state index in [2.05, 4.69) is 24.1 Å². The van der Waals surface area contributed by atoms with E-state index in [1.54, 1.807) is 17.3 Å². The van der Waals surface area contributed by atoms with Crippen molar-refractivity contribution < 1.29 is 9.59 Å². The van der Waals surface area contributed by atoms with Gasteiger partial charge in [0.15, 0.2) is 0 Å². The highest BCUT2D eigenvalue weighted by Crippen LogP contribution is 2.25. The molecule has 1 aliphatic carbocycles. The molecule has 1 atom stereocenters. The number of carbonyl (C=O) groups excluding carboxylic acids is 2. The van der Waals surface area contributed by atoms with E-state index in [0.717, 1.165) is 38.9 Å². The van der Waals surface area contributed by atoms with E-state index >= 15 is 0 Å². The lowest BCUT2D eigenvalue weighted by Gasteiger charge is -2.26. The minimum absolute atomic E-state index is 0.0693. The van der Waals surface area contributed by atoms with Crippen LogP contribution in [0.5, 0.6) is 0 Å². The van der Waals surface area contributed by atoms with Gasteiger partial charge in [-0.25, -0.2) is 0 Å². The summed E-state index contributed by atoms with van der Waals surface area (Å²) in [5.41, 5.74) is -0.267. The zero-order valence-corrected chi connectivity index (χ0v) is 20.2. The second-order valence-corrected chi connectivity index (χ2v) is 9.66. The maximum atomic E-state index is 13.4. The number of amides is 2. The predicted molar refractivity (Wildman–Crippen MR) is 127 cm³/mol. The number of rotatable bonds is 8. The monoisotopic (exact) mass is 444 g/mol. The van der Waals surface area contributed by atoms with Crippen LogP contribution >= 0.6 is 0 Å². The Morgan fingerprint density at radius 2 is 1.72 bits per heavy atom. The molecule has 2 amide bonds. The van der Waals surface area contributed by atoms with E-state index in [4.69, 9.17) is 0 Å². The number of nitrogens with zero attached hydrogens (tertiary/aromatic N) is 3. The van der Waals surface area contributed by atoms with Crippen LogP contribution in [0.1, 0.15) is 86.9 Å². The molecule has 0 unspecified atom stereocenters. The summed E-state index contributed by atoms with van der Waals surface area (Å²) >= 11 is 0. The Bertz CT molecular complexity index is 853. The van der Waals surface area contributed by atoms with Crippen LogP contribution in [0, 0.1) is 5.92 Å². The van der Waals surface area contributed by atoms with Crippen LogP contribution in [-0.4, -0.2) is 64.4 Å². The highest BCUT2D eigenvalue weighted by molar-refractivity contribution is 5.99. The molecule has 2 aliphatic rings. The molecule has 2 heterocycles. The molecular formula is C25H40N4O3. The van der Waals surface area contributed by atoms with Crippen LogP contribution in [0.3, 0.4) is 0 Å². The van der Waals surface area contributed by atoms with Crippen molar-refractivity contribution in [2.24, 2.45) is 5.92 Å². The predicted octanol–water partition coefficient (Wildman–Crippen LogP) is 3.12. The van der Waals surface area contributed by atoms with Gasteiger partial charge in [0, 0.05) is 44.1 Å². The summed E-state index contributed by atoms with van der Waals surface area (Å²) in [5.74, 6) is -0.130. The summed E-state index contributed by atoms with van der Waals surface area (Å²) in [4.78, 5) is 43.6. The minimum Gasteiger partial charge on any atom is -0.352 e. The first kappa shape index (κ1) is 24.5. The van der Waals surface area contributed by atoms with Crippen LogP contribution < -0.4 is 10.7 Å². The first-order chi connectivity index (χ1) is 15.3. The molecule has 7 heteroatoms. The Labute approximate surface area is 192 Å². The van der Waals surface area contributed by atoms with Gasteiger partial charge in [0.1, 0.15) is 11.1 Å². The normalized spacial score (nSPS) is 19.7. The van der Waals surface area contributed by atoms with Gasteiger partial charge in [-0.15, -0.1) is 0 Å². The molecule has 0 spiro atoms. The quantitative estimate of drug-likeness (QED) is 0.669. The van der Waals surface area contributed by atoms with Crippen LogP contribution in [0.2, 0.25) is 0 Å². The fraction of sp³-hybridized carbons (Fsp3) is 0.720. The lowest BCUT2D eigenvalue weighted by Crippen LogP contribution is -2.41. The standard InChI is InChI=1S/C25H40N4O3/c1-5-28(6-2)20-12-13-29(15-20)25(32)22-17-27(14-19-10-8-7-9-11-19)16-21(23(22)30)24(31)26-18(3)4/h16-20H,5-15H2,1-4H3,(H,26,31)/t20-/m0/s1. The molecule has 1 aromatic rings. The van der Waals surface area contributed by atoms with Crippen molar-refractivity contribution in [2.75, 3.05) is 26.2 Å². The van der Waals surface area contributed by atoms with Gasteiger partial charge < -0.3 is 14.8 Å². The minimum atomic E-state index is -0.459. The zero-order chi connectivity index (χ0) is 23.3. The molecule has 2 fully saturated rings. The molecule has 0 bridgehead atoms. The average Bonchev–Trinajstić information content (AvgIpc) is 3.25. The van der Waals surface area contributed by atoms with Gasteiger partial charge in [-0.2, -0.15) is 0 Å². The van der Waals surface area contributed by atoms with Gasteiger partial charge in [-0.1, -0.05) is 33.1 Å². The fourth-order valence-electron chi connectivity index (χ4n) is 5.19. The molecule has 1 saturated carbocycles. The number of hydrogen-bond donors (Lipinski definition) is 1. The lowest BCUT2D eigenvalue weighted by atomic mass is 9.89. The van der Waals surface area contributed by atoms with Crippen molar-refractivity contribution in [1.29, 1.82) is 0 Å². The van der Waals surface area contributed by atoms with E-state index < -0.39 is 11.3 Å². The maximum Gasteiger partial charge on any atom is 0.259 e. The number of aromatic nitrogens is 1. The van der Waals surface area contributed by atoms with E-state index in [1.165, 1.54) is 19.3 Å². The van der Waals surface area contributed by atoms with Crippen molar-refractivity contribution in [1.82, 2.24) is 19.7 Å². The topological polar surface area (TPSA) is 74.7 Å². The summed E-state index contributed by atoms with van der Waals surface area (Å²) in [6.07, 6.45) is 10.3. The molecule has 3 rings (SSSR count). The Hall–Kier alpha value is -2.15. The summed E-state index contributed by atoms with van der Waals surface area (Å²) in [5, 5.41) is 2.82. The third-order valence-corrected chi connectivity index (χ3v) is 6.95. The van der Waals surface area contributed by atoms with Gasteiger partial charge in [-0.3, -0.25) is 19.3 Å². The molecule has 0 aromatic carbocycles. The fourth-order valence-corrected chi connectivity index (χ4v) is 5.19. The largest absolute Gasteiger partial charge is 0.352 e. The summed E-state index contributed by atoms with van der Waals surface area (Å²) in [7, 11) is 0. The molecule has 178 valence electrons. The number of nitrogens with one attached hydrogen (secondary N) is 1.